The van der Waals surface area contributed by atoms with Crippen LogP contribution in [0.2, 0.25) is 0 Å². The average molecular weight is 404 g/mol. The normalized spacial score (nSPS) is 22.3. The first-order chi connectivity index (χ1) is 14.6. The first-order valence-corrected chi connectivity index (χ1v) is 10.1. The fourth-order valence-electron chi connectivity index (χ4n) is 4.20. The number of allylic oxidation sites excluding steroid dienone is 2. The van der Waals surface area contributed by atoms with E-state index >= 15 is 0 Å². The quantitative estimate of drug-likeness (QED) is 0.542. The smallest absolute Gasteiger partial charge is 0.311 e. The maximum atomic E-state index is 13.5. The molecule has 0 amide bonds. The van der Waals surface area contributed by atoms with Gasteiger partial charge in [-0.1, -0.05) is 18.2 Å². The van der Waals surface area contributed by atoms with Crippen molar-refractivity contribution in [2.45, 2.75) is 25.4 Å². The van der Waals surface area contributed by atoms with Crippen molar-refractivity contribution >= 4 is 17.4 Å². The van der Waals surface area contributed by atoms with Crippen molar-refractivity contribution in [3.63, 3.8) is 0 Å². The van der Waals surface area contributed by atoms with E-state index in [4.69, 9.17) is 9.47 Å². The molecule has 6 heteroatoms. The lowest BCUT2D eigenvalue weighted by Gasteiger charge is -2.34. The van der Waals surface area contributed by atoms with Gasteiger partial charge in [-0.2, -0.15) is 0 Å². The monoisotopic (exact) mass is 404 g/mol. The van der Waals surface area contributed by atoms with Crippen LogP contribution in [0, 0.1) is 5.92 Å². The molecule has 0 aliphatic carbocycles. The molecule has 6 nitrogen and oxygen atoms in total. The Bertz CT molecular complexity index is 982. The summed E-state index contributed by atoms with van der Waals surface area (Å²) >= 11 is 0. The van der Waals surface area contributed by atoms with E-state index in [0.717, 1.165) is 11.4 Å². The van der Waals surface area contributed by atoms with Gasteiger partial charge >= 0.3 is 5.97 Å². The predicted molar refractivity (Wildman–Crippen MR) is 113 cm³/mol. The molecule has 0 N–H and O–H groups in total. The number of carbonyl (C=O) groups is 2. The molecule has 1 saturated heterocycles. The summed E-state index contributed by atoms with van der Waals surface area (Å²) in [6.07, 6.45) is 7.96. The Hall–Kier alpha value is -3.41. The minimum atomic E-state index is -0.490. The van der Waals surface area contributed by atoms with Crippen molar-refractivity contribution in [1.82, 2.24) is 9.88 Å². The summed E-state index contributed by atoms with van der Waals surface area (Å²) in [4.78, 5) is 32.7. The van der Waals surface area contributed by atoms with Gasteiger partial charge in [0.1, 0.15) is 5.75 Å². The van der Waals surface area contributed by atoms with Crippen LogP contribution in [0.1, 0.15) is 29.4 Å². The number of aromatic nitrogens is 1. The summed E-state index contributed by atoms with van der Waals surface area (Å²) in [6, 6.07) is 12.0. The minimum Gasteiger partial charge on any atom is -0.497 e. The third kappa shape index (κ3) is 3.61. The molecule has 0 radical (unpaired) electrons. The van der Waals surface area contributed by atoms with E-state index in [1.165, 1.54) is 0 Å². The molecule has 3 atom stereocenters. The molecule has 154 valence electrons. The van der Waals surface area contributed by atoms with Crippen LogP contribution in [0.15, 0.2) is 66.9 Å². The molecule has 3 heterocycles. The number of ether oxygens (including phenoxy) is 2. The number of hydrogen-bond acceptors (Lipinski definition) is 6. The van der Waals surface area contributed by atoms with Crippen molar-refractivity contribution in [3.05, 3.63) is 78.1 Å². The van der Waals surface area contributed by atoms with Gasteiger partial charge in [0.2, 0.25) is 0 Å². The number of ketones is 1. The molecule has 1 fully saturated rings. The second-order valence-electron chi connectivity index (χ2n) is 7.25. The molecule has 2 aliphatic heterocycles. The summed E-state index contributed by atoms with van der Waals surface area (Å²) in [5.41, 5.74) is 2.18. The van der Waals surface area contributed by atoms with Crippen LogP contribution in [-0.2, 0) is 9.53 Å². The van der Waals surface area contributed by atoms with Crippen LogP contribution in [0.5, 0.6) is 5.75 Å². The highest BCUT2D eigenvalue weighted by atomic mass is 16.5. The molecule has 0 saturated carbocycles. The maximum Gasteiger partial charge on any atom is 0.311 e. The Labute approximate surface area is 175 Å². The van der Waals surface area contributed by atoms with Gasteiger partial charge in [0.25, 0.3) is 0 Å². The molecule has 0 spiro atoms. The van der Waals surface area contributed by atoms with Gasteiger partial charge in [0.05, 0.1) is 43.1 Å². The number of benzene rings is 1. The van der Waals surface area contributed by atoms with E-state index in [2.05, 4.69) is 4.98 Å². The highest BCUT2D eigenvalue weighted by Gasteiger charge is 2.49. The SMILES string of the molecule is CCOC(=O)[C@@H]1C[C@H](C(=O)c2ccc(OC)cc2)N2C(c3ccccn3)=CC=C[C@H]12. The number of hydrogen-bond donors (Lipinski definition) is 0. The Morgan fingerprint density at radius 3 is 2.63 bits per heavy atom. The fourth-order valence-corrected chi connectivity index (χ4v) is 4.20. The van der Waals surface area contributed by atoms with E-state index < -0.39 is 12.0 Å². The summed E-state index contributed by atoms with van der Waals surface area (Å²) in [5.74, 6) is -0.0351. The molecule has 30 heavy (non-hydrogen) atoms. The Morgan fingerprint density at radius 2 is 1.97 bits per heavy atom. The highest BCUT2D eigenvalue weighted by Crippen LogP contribution is 2.41. The van der Waals surface area contributed by atoms with Crippen molar-refractivity contribution in [3.8, 4) is 5.75 Å². The summed E-state index contributed by atoms with van der Waals surface area (Å²) in [7, 11) is 1.59. The van der Waals surface area contributed by atoms with E-state index in [1.54, 1.807) is 44.5 Å². The number of Topliss-reactive ketones (excluding diaryl/α,β-unsaturated/α-hetero) is 1. The van der Waals surface area contributed by atoms with Gasteiger partial charge in [0.15, 0.2) is 5.78 Å². The van der Waals surface area contributed by atoms with Crippen LogP contribution >= 0.6 is 0 Å². The van der Waals surface area contributed by atoms with Crippen LogP contribution in [-0.4, -0.2) is 47.4 Å². The summed E-state index contributed by atoms with van der Waals surface area (Å²) < 4.78 is 10.5. The van der Waals surface area contributed by atoms with Crippen molar-refractivity contribution in [2.24, 2.45) is 5.92 Å². The minimum absolute atomic E-state index is 0.0356. The van der Waals surface area contributed by atoms with Gasteiger partial charge in [-0.3, -0.25) is 14.6 Å². The fraction of sp³-hybridized carbons (Fsp3) is 0.292. The van der Waals surface area contributed by atoms with Crippen LogP contribution in [0.3, 0.4) is 0 Å². The van der Waals surface area contributed by atoms with E-state index in [-0.39, 0.29) is 17.8 Å². The molecular weight excluding hydrogens is 380 g/mol. The summed E-state index contributed by atoms with van der Waals surface area (Å²) in [6.45, 7) is 2.10. The standard InChI is InChI=1S/C24H24N2O4/c1-3-30-24(28)18-15-22(23(27)16-10-12-17(29-2)13-11-16)26-20(18)8-6-9-21(26)19-7-4-5-14-25-19/h4-14,18,20,22H,3,15H2,1-2H3/t18-,20-,22-/m1/s1. The first-order valence-electron chi connectivity index (χ1n) is 10.1. The Balaban J connectivity index is 1.72. The largest absolute Gasteiger partial charge is 0.497 e. The lowest BCUT2D eigenvalue weighted by atomic mass is 9.95. The zero-order valence-corrected chi connectivity index (χ0v) is 17.0. The molecular formula is C24H24N2O4. The lowest BCUT2D eigenvalue weighted by molar-refractivity contribution is -0.148. The van der Waals surface area contributed by atoms with E-state index in [9.17, 15) is 9.59 Å². The lowest BCUT2D eigenvalue weighted by Crippen LogP contribution is -2.41. The van der Waals surface area contributed by atoms with Crippen LogP contribution < -0.4 is 4.74 Å². The molecule has 4 rings (SSSR count). The number of esters is 1. The van der Waals surface area contributed by atoms with Crippen molar-refractivity contribution in [2.75, 3.05) is 13.7 Å². The molecule has 2 aromatic rings. The molecule has 2 aliphatic rings. The highest BCUT2D eigenvalue weighted by molar-refractivity contribution is 6.02. The van der Waals surface area contributed by atoms with Crippen molar-refractivity contribution in [1.29, 1.82) is 0 Å². The maximum absolute atomic E-state index is 13.5. The zero-order valence-electron chi connectivity index (χ0n) is 17.0. The molecule has 0 unspecified atom stereocenters. The zero-order chi connectivity index (χ0) is 21.1. The van der Waals surface area contributed by atoms with Gasteiger partial charge in [-0.05, 0) is 55.8 Å². The van der Waals surface area contributed by atoms with Crippen LogP contribution in [0.4, 0.5) is 0 Å². The van der Waals surface area contributed by atoms with Crippen LogP contribution in [0.25, 0.3) is 5.70 Å². The van der Waals surface area contributed by atoms with E-state index in [1.807, 2.05) is 41.3 Å². The molecule has 1 aromatic carbocycles. The number of rotatable bonds is 6. The Morgan fingerprint density at radius 1 is 1.17 bits per heavy atom. The van der Waals surface area contributed by atoms with Gasteiger partial charge in [-0.15, -0.1) is 0 Å². The third-order valence-corrected chi connectivity index (χ3v) is 5.58. The number of fused-ring (bicyclic) bond motifs is 1. The number of methoxy groups -OCH3 is 1. The predicted octanol–water partition coefficient (Wildman–Crippen LogP) is 3.51. The van der Waals surface area contributed by atoms with E-state index in [0.29, 0.717) is 24.3 Å². The third-order valence-electron chi connectivity index (χ3n) is 5.58. The average Bonchev–Trinajstić information content (AvgIpc) is 3.19. The molecule has 0 bridgehead atoms. The van der Waals surface area contributed by atoms with Crippen molar-refractivity contribution < 1.29 is 19.1 Å². The first kappa shape index (κ1) is 19.9. The molecule has 1 aromatic heterocycles. The number of carbonyl (C=O) groups excluding carboxylic acids is 2. The second-order valence-corrected chi connectivity index (χ2v) is 7.25. The van der Waals surface area contributed by atoms with Gasteiger partial charge in [0, 0.05) is 11.8 Å². The number of nitrogens with zero attached hydrogens (tertiary/aromatic N) is 2. The second kappa shape index (κ2) is 8.53. The summed E-state index contributed by atoms with van der Waals surface area (Å²) in [5, 5.41) is 0. The van der Waals surface area contributed by atoms with Gasteiger partial charge < -0.3 is 14.4 Å². The Kier molecular flexibility index (Phi) is 5.65. The topological polar surface area (TPSA) is 68.7 Å². The van der Waals surface area contributed by atoms with Gasteiger partial charge in [-0.25, -0.2) is 0 Å². The number of pyridine rings is 1.